The molecular formula is C35H34N2O11S3. The zero-order valence-corrected chi connectivity index (χ0v) is 29.9. The van der Waals surface area contributed by atoms with Crippen LogP contribution in [0.4, 0.5) is 11.4 Å². The van der Waals surface area contributed by atoms with Crippen molar-refractivity contribution in [2.24, 2.45) is 0 Å². The van der Waals surface area contributed by atoms with Gasteiger partial charge >= 0.3 is 5.97 Å². The van der Waals surface area contributed by atoms with E-state index in [1.54, 1.807) is 37.4 Å². The fourth-order valence-corrected chi connectivity index (χ4v) is 8.91. The zero-order valence-electron chi connectivity index (χ0n) is 27.4. The van der Waals surface area contributed by atoms with E-state index in [1.807, 2.05) is 60.7 Å². The second-order valence-corrected chi connectivity index (χ2v) is 15.9. The molecule has 0 bridgehead atoms. The molecule has 0 radical (unpaired) electrons. The van der Waals surface area contributed by atoms with Crippen LogP contribution in [0.1, 0.15) is 35.3 Å². The first-order valence-electron chi connectivity index (χ1n) is 15.6. The highest BCUT2D eigenvalue weighted by molar-refractivity contribution is 8.16. The average Bonchev–Trinajstić information content (AvgIpc) is 3.45. The Morgan fingerprint density at radius 2 is 1.24 bits per heavy atom. The van der Waals surface area contributed by atoms with Crippen molar-refractivity contribution in [1.82, 2.24) is 0 Å². The van der Waals surface area contributed by atoms with Gasteiger partial charge in [0.1, 0.15) is 24.9 Å². The molecule has 3 atom stereocenters. The number of nitro benzene ring substituents is 2. The number of benzene rings is 4. The Kier molecular flexibility index (Phi) is 12.5. The number of hydrogen-bond acceptors (Lipinski definition) is 13. The molecule has 0 N–H and O–H groups in total. The van der Waals surface area contributed by atoms with Crippen molar-refractivity contribution < 1.29 is 41.5 Å². The summed E-state index contributed by atoms with van der Waals surface area (Å²) in [5, 5.41) is 22.3. The highest BCUT2D eigenvalue weighted by atomic mass is 32.2. The van der Waals surface area contributed by atoms with Crippen molar-refractivity contribution in [3.63, 3.8) is 0 Å². The highest BCUT2D eigenvalue weighted by Crippen LogP contribution is 2.43. The van der Waals surface area contributed by atoms with Crippen LogP contribution >= 0.6 is 23.5 Å². The molecule has 1 saturated heterocycles. The van der Waals surface area contributed by atoms with Gasteiger partial charge in [0.05, 0.1) is 24.9 Å². The minimum absolute atomic E-state index is 0.00671. The maximum absolute atomic E-state index is 13.7. The quantitative estimate of drug-likeness (QED) is 0.0371. The average molecular weight is 755 g/mol. The van der Waals surface area contributed by atoms with Gasteiger partial charge in [0.2, 0.25) is 0 Å². The monoisotopic (exact) mass is 754 g/mol. The van der Waals surface area contributed by atoms with Crippen molar-refractivity contribution >= 4 is 51.0 Å². The van der Waals surface area contributed by atoms with Gasteiger partial charge < -0.3 is 14.2 Å². The van der Waals surface area contributed by atoms with E-state index in [2.05, 4.69) is 0 Å². The number of nitrogens with zero attached hydrogens (tertiary/aromatic N) is 2. The molecule has 13 nitrogen and oxygen atoms in total. The van der Waals surface area contributed by atoms with E-state index < -0.39 is 56.6 Å². The number of nitro groups is 2. The second-order valence-electron chi connectivity index (χ2n) is 11.8. The van der Waals surface area contributed by atoms with E-state index in [-0.39, 0.29) is 26.4 Å². The summed E-state index contributed by atoms with van der Waals surface area (Å²) in [6, 6.07) is 28.5. The first-order chi connectivity index (χ1) is 24.3. The number of carbonyl (C=O) groups is 1. The molecule has 0 amide bonds. The van der Waals surface area contributed by atoms with Crippen LogP contribution in [0.2, 0.25) is 0 Å². The number of rotatable bonds is 16. The Morgan fingerprint density at radius 3 is 1.73 bits per heavy atom. The summed E-state index contributed by atoms with van der Waals surface area (Å²) in [7, 11) is -4.60. The van der Waals surface area contributed by atoms with Gasteiger partial charge in [-0.25, -0.2) is 4.79 Å². The summed E-state index contributed by atoms with van der Waals surface area (Å²) >= 11 is 3.17. The Morgan fingerprint density at radius 1 is 0.765 bits per heavy atom. The summed E-state index contributed by atoms with van der Waals surface area (Å²) in [5.74, 6) is -0.881. The smallest absolute Gasteiger partial charge is 0.338 e. The molecular weight excluding hydrogens is 721 g/mol. The number of thioether (sulfide) groups is 2. The summed E-state index contributed by atoms with van der Waals surface area (Å²) < 4.78 is 51.1. The number of esters is 1. The lowest BCUT2D eigenvalue weighted by molar-refractivity contribution is -0.385. The Labute approximate surface area is 303 Å². The van der Waals surface area contributed by atoms with Crippen LogP contribution in [0.15, 0.2) is 114 Å². The zero-order chi connectivity index (χ0) is 36.6. The lowest BCUT2D eigenvalue weighted by Crippen LogP contribution is -2.45. The van der Waals surface area contributed by atoms with Crippen LogP contribution in [-0.2, 0) is 40.0 Å². The summed E-state index contributed by atoms with van der Waals surface area (Å²) in [4.78, 5) is 33.8. The summed E-state index contributed by atoms with van der Waals surface area (Å²) in [6.07, 6.45) is -3.32. The van der Waals surface area contributed by atoms with Crippen molar-refractivity contribution in [2.45, 2.75) is 58.9 Å². The van der Waals surface area contributed by atoms with Gasteiger partial charge in [-0.15, -0.1) is 23.5 Å². The van der Waals surface area contributed by atoms with Crippen LogP contribution in [0.25, 0.3) is 0 Å². The molecule has 268 valence electrons. The molecule has 16 heteroatoms. The molecule has 5 rings (SSSR count). The fraction of sp³-hybridized carbons (Fsp3) is 0.286. The van der Waals surface area contributed by atoms with E-state index in [9.17, 15) is 33.4 Å². The van der Waals surface area contributed by atoms with Crippen molar-refractivity contribution in [1.29, 1.82) is 0 Å². The van der Waals surface area contributed by atoms with Crippen LogP contribution in [-0.4, -0.2) is 59.5 Å². The molecule has 1 aliphatic rings. The van der Waals surface area contributed by atoms with Crippen LogP contribution in [0.5, 0.6) is 0 Å². The lowest BCUT2D eigenvalue weighted by atomic mass is 10.1. The van der Waals surface area contributed by atoms with Crippen LogP contribution < -0.4 is 0 Å². The second kappa shape index (κ2) is 16.8. The van der Waals surface area contributed by atoms with E-state index in [0.29, 0.717) is 11.5 Å². The standard InChI is InChI=1S/C35H34N2O11S3/c1-35(2)46-31(32(47-35)34(49-22-24-9-5-3-6-10-24)50-23-25-11-7-4-8-12-25)30(21-45-33(38)26-13-15-27(16-14-26)36(39)40)48-51(43,44)29-19-17-28(18-20-29)37(41)42/h3-20,30-32,34H,21-23H2,1-2H3/t30-,31-,32-/m1/s1. The van der Waals surface area contributed by atoms with E-state index in [1.165, 1.54) is 12.1 Å². The SMILES string of the molecule is CC1(C)O[C@H]([C@@H](COC(=O)c2ccc([N+](=O)[O-])cc2)OS(=O)(=O)c2ccc([N+](=O)[O-])cc2)[C@H](C(SCc2ccccc2)SCc2ccccc2)O1. The van der Waals surface area contributed by atoms with Crippen molar-refractivity contribution in [2.75, 3.05) is 6.61 Å². The predicted octanol–water partition coefficient (Wildman–Crippen LogP) is 7.15. The Bertz CT molecular complexity index is 1870. The van der Waals surface area contributed by atoms with Crippen molar-refractivity contribution in [3.8, 4) is 0 Å². The van der Waals surface area contributed by atoms with Crippen LogP contribution in [0, 0.1) is 20.2 Å². The molecule has 0 aliphatic carbocycles. The summed E-state index contributed by atoms with van der Waals surface area (Å²) in [5.41, 5.74) is 1.58. The predicted molar refractivity (Wildman–Crippen MR) is 192 cm³/mol. The van der Waals surface area contributed by atoms with Gasteiger partial charge in [-0.2, -0.15) is 8.42 Å². The van der Waals surface area contributed by atoms with Gasteiger partial charge in [-0.1, -0.05) is 60.7 Å². The third-order valence-corrected chi connectivity index (χ3v) is 12.0. The number of carbonyl (C=O) groups excluding carboxylic acids is 1. The van der Waals surface area contributed by atoms with E-state index in [4.69, 9.17) is 18.4 Å². The molecule has 0 aromatic heterocycles. The Hall–Kier alpha value is -4.32. The Balaban J connectivity index is 1.46. The maximum atomic E-state index is 13.7. The summed E-state index contributed by atoms with van der Waals surface area (Å²) in [6.45, 7) is 2.76. The fourth-order valence-electron chi connectivity index (χ4n) is 5.15. The third kappa shape index (κ3) is 10.4. The number of ether oxygens (including phenoxy) is 3. The molecule has 0 saturated carbocycles. The molecule has 1 aliphatic heterocycles. The molecule has 1 fully saturated rings. The lowest BCUT2D eigenvalue weighted by Gasteiger charge is -2.30. The van der Waals surface area contributed by atoms with Crippen molar-refractivity contribution in [3.05, 3.63) is 146 Å². The molecule has 0 spiro atoms. The largest absolute Gasteiger partial charge is 0.459 e. The van der Waals surface area contributed by atoms with E-state index in [0.717, 1.165) is 47.5 Å². The van der Waals surface area contributed by atoms with Gasteiger partial charge in [-0.3, -0.25) is 24.4 Å². The molecule has 1 heterocycles. The third-order valence-electron chi connectivity index (χ3n) is 7.59. The van der Waals surface area contributed by atoms with Gasteiger partial charge in [0.25, 0.3) is 21.5 Å². The normalized spacial score (nSPS) is 17.5. The topological polar surface area (TPSA) is 174 Å². The highest BCUT2D eigenvalue weighted by Gasteiger charge is 2.51. The molecule has 51 heavy (non-hydrogen) atoms. The van der Waals surface area contributed by atoms with E-state index >= 15 is 0 Å². The number of hydrogen-bond donors (Lipinski definition) is 0. The molecule has 4 aromatic carbocycles. The first kappa shape index (κ1) is 37.9. The van der Waals surface area contributed by atoms with Gasteiger partial charge in [-0.05, 0) is 49.2 Å². The molecule has 0 unspecified atom stereocenters. The minimum Gasteiger partial charge on any atom is -0.459 e. The van der Waals surface area contributed by atoms with Crippen LogP contribution in [0.3, 0.4) is 0 Å². The van der Waals surface area contributed by atoms with Gasteiger partial charge in [0, 0.05) is 35.8 Å². The first-order valence-corrected chi connectivity index (χ1v) is 19.1. The molecule has 4 aromatic rings. The van der Waals surface area contributed by atoms with Gasteiger partial charge in [0.15, 0.2) is 5.79 Å². The minimum atomic E-state index is -4.60. The number of non-ortho nitro benzene ring substituents is 2. The maximum Gasteiger partial charge on any atom is 0.338 e.